The highest BCUT2D eigenvalue weighted by Gasteiger charge is 2.35. The lowest BCUT2D eigenvalue weighted by atomic mass is 10.2. The fourth-order valence-corrected chi connectivity index (χ4v) is 2.93. The summed E-state index contributed by atoms with van der Waals surface area (Å²) >= 11 is 1.16. The molecule has 3 rings (SSSR count). The SMILES string of the molecule is COc1ccc2nc(C(F)(F)F)nc(Sc3ccccc3)c2c1. The summed E-state index contributed by atoms with van der Waals surface area (Å²) in [5.41, 5.74) is 0.228. The number of rotatable bonds is 3. The standard InChI is InChI=1S/C16H11F3N2OS/c1-22-10-7-8-13-12(9-10)14(21-15(20-13)16(17,18)19)23-11-5-3-2-4-6-11/h2-9H,1H3. The topological polar surface area (TPSA) is 35.0 Å². The monoisotopic (exact) mass is 336 g/mol. The molecule has 0 aliphatic carbocycles. The third-order valence-electron chi connectivity index (χ3n) is 3.08. The molecule has 0 aliphatic heterocycles. The van der Waals surface area contributed by atoms with E-state index in [9.17, 15) is 13.2 Å². The molecule has 0 N–H and O–H groups in total. The van der Waals surface area contributed by atoms with Crippen molar-refractivity contribution in [3.8, 4) is 5.75 Å². The molecule has 0 fully saturated rings. The minimum absolute atomic E-state index is 0.228. The summed E-state index contributed by atoms with van der Waals surface area (Å²) in [7, 11) is 1.50. The van der Waals surface area contributed by atoms with Gasteiger partial charge >= 0.3 is 6.18 Å². The van der Waals surface area contributed by atoms with E-state index in [0.29, 0.717) is 11.1 Å². The first-order valence-electron chi connectivity index (χ1n) is 6.63. The molecule has 118 valence electrons. The number of hydrogen-bond acceptors (Lipinski definition) is 4. The van der Waals surface area contributed by atoms with Crippen LogP contribution in [0.15, 0.2) is 58.5 Å². The molecule has 1 heterocycles. The van der Waals surface area contributed by atoms with Crippen LogP contribution >= 0.6 is 11.8 Å². The second kappa shape index (κ2) is 6.08. The van der Waals surface area contributed by atoms with Crippen molar-refractivity contribution in [2.75, 3.05) is 7.11 Å². The van der Waals surface area contributed by atoms with Gasteiger partial charge < -0.3 is 4.74 Å². The third-order valence-corrected chi connectivity index (χ3v) is 4.09. The molecule has 0 spiro atoms. The maximum absolute atomic E-state index is 13.0. The predicted octanol–water partition coefficient (Wildman–Crippen LogP) is 4.81. The maximum atomic E-state index is 13.0. The molecule has 0 aliphatic rings. The molecule has 0 saturated carbocycles. The first kappa shape index (κ1) is 15.6. The van der Waals surface area contributed by atoms with Gasteiger partial charge in [-0.2, -0.15) is 13.2 Å². The first-order valence-corrected chi connectivity index (χ1v) is 7.45. The lowest BCUT2D eigenvalue weighted by Crippen LogP contribution is -2.11. The number of alkyl halides is 3. The highest BCUT2D eigenvalue weighted by molar-refractivity contribution is 7.99. The summed E-state index contributed by atoms with van der Waals surface area (Å²) in [4.78, 5) is 8.13. The van der Waals surface area contributed by atoms with Crippen molar-refractivity contribution in [2.45, 2.75) is 16.1 Å². The number of ether oxygens (including phenoxy) is 1. The van der Waals surface area contributed by atoms with Crippen LogP contribution in [0.25, 0.3) is 10.9 Å². The van der Waals surface area contributed by atoms with E-state index >= 15 is 0 Å². The van der Waals surface area contributed by atoms with Gasteiger partial charge in [-0.3, -0.25) is 0 Å². The minimum atomic E-state index is -4.60. The van der Waals surface area contributed by atoms with Gasteiger partial charge in [-0.25, -0.2) is 9.97 Å². The molecule has 3 aromatic rings. The van der Waals surface area contributed by atoms with Crippen LogP contribution in [-0.2, 0) is 6.18 Å². The molecule has 0 radical (unpaired) electrons. The molecular weight excluding hydrogens is 325 g/mol. The van der Waals surface area contributed by atoms with E-state index in [2.05, 4.69) is 9.97 Å². The number of hydrogen-bond donors (Lipinski definition) is 0. The number of aromatic nitrogens is 2. The van der Waals surface area contributed by atoms with Gasteiger partial charge in [0.2, 0.25) is 5.82 Å². The van der Waals surface area contributed by atoms with Gasteiger partial charge in [-0.05, 0) is 30.3 Å². The molecule has 2 aromatic carbocycles. The van der Waals surface area contributed by atoms with E-state index in [1.165, 1.54) is 13.2 Å². The van der Waals surface area contributed by atoms with Crippen molar-refractivity contribution >= 4 is 22.7 Å². The van der Waals surface area contributed by atoms with Crippen molar-refractivity contribution in [1.82, 2.24) is 9.97 Å². The zero-order chi connectivity index (χ0) is 16.4. The molecule has 0 saturated heterocycles. The van der Waals surface area contributed by atoms with Crippen LogP contribution in [0.3, 0.4) is 0 Å². The molecule has 0 bridgehead atoms. The summed E-state index contributed by atoms with van der Waals surface area (Å²) < 4.78 is 44.2. The average molecular weight is 336 g/mol. The van der Waals surface area contributed by atoms with Gasteiger partial charge in [0.25, 0.3) is 0 Å². The van der Waals surface area contributed by atoms with Crippen LogP contribution in [-0.4, -0.2) is 17.1 Å². The molecular formula is C16H11F3N2OS. The summed E-state index contributed by atoms with van der Waals surface area (Å²) in [6.07, 6.45) is -4.60. The summed E-state index contributed by atoms with van der Waals surface area (Å²) in [5, 5.41) is 0.763. The van der Waals surface area contributed by atoms with Gasteiger partial charge in [-0.1, -0.05) is 30.0 Å². The van der Waals surface area contributed by atoms with E-state index in [1.807, 2.05) is 30.3 Å². The number of benzene rings is 2. The fourth-order valence-electron chi connectivity index (χ4n) is 2.01. The van der Waals surface area contributed by atoms with Crippen LogP contribution in [0.1, 0.15) is 5.82 Å². The summed E-state index contributed by atoms with van der Waals surface area (Å²) in [6, 6.07) is 13.8. The van der Waals surface area contributed by atoms with E-state index < -0.39 is 12.0 Å². The van der Waals surface area contributed by atoms with E-state index in [-0.39, 0.29) is 10.5 Å². The highest BCUT2D eigenvalue weighted by atomic mass is 32.2. The van der Waals surface area contributed by atoms with E-state index in [1.54, 1.807) is 12.1 Å². The van der Waals surface area contributed by atoms with Gasteiger partial charge in [0.05, 0.1) is 12.6 Å². The number of fused-ring (bicyclic) bond motifs is 1. The lowest BCUT2D eigenvalue weighted by Gasteiger charge is -2.11. The second-order valence-corrected chi connectivity index (χ2v) is 5.71. The molecule has 0 unspecified atom stereocenters. The maximum Gasteiger partial charge on any atom is 0.451 e. The van der Waals surface area contributed by atoms with Crippen molar-refractivity contribution < 1.29 is 17.9 Å². The van der Waals surface area contributed by atoms with Crippen LogP contribution in [0.5, 0.6) is 5.75 Å². The Morgan fingerprint density at radius 1 is 1.00 bits per heavy atom. The Hall–Kier alpha value is -2.28. The molecule has 23 heavy (non-hydrogen) atoms. The Kier molecular flexibility index (Phi) is 4.12. The Morgan fingerprint density at radius 2 is 1.74 bits per heavy atom. The lowest BCUT2D eigenvalue weighted by molar-refractivity contribution is -0.145. The average Bonchev–Trinajstić information content (AvgIpc) is 2.54. The van der Waals surface area contributed by atoms with Crippen molar-refractivity contribution in [3.63, 3.8) is 0 Å². The highest BCUT2D eigenvalue weighted by Crippen LogP contribution is 2.36. The molecule has 7 heteroatoms. The normalized spacial score (nSPS) is 11.7. The molecule has 1 aromatic heterocycles. The number of nitrogens with zero attached hydrogens (tertiary/aromatic N) is 2. The smallest absolute Gasteiger partial charge is 0.451 e. The fraction of sp³-hybridized carbons (Fsp3) is 0.125. The summed E-state index contributed by atoms with van der Waals surface area (Å²) in [5.74, 6) is -0.607. The molecule has 3 nitrogen and oxygen atoms in total. The van der Waals surface area contributed by atoms with Gasteiger partial charge in [-0.15, -0.1) is 0 Å². The van der Waals surface area contributed by atoms with E-state index in [0.717, 1.165) is 16.7 Å². The summed E-state index contributed by atoms with van der Waals surface area (Å²) in [6.45, 7) is 0. The zero-order valence-electron chi connectivity index (χ0n) is 12.0. The Balaban J connectivity index is 2.18. The van der Waals surface area contributed by atoms with Crippen molar-refractivity contribution in [3.05, 3.63) is 54.4 Å². The van der Waals surface area contributed by atoms with Crippen LogP contribution in [0.2, 0.25) is 0 Å². The number of halogens is 3. The second-order valence-electron chi connectivity index (χ2n) is 4.65. The Bertz CT molecular complexity index is 838. The third kappa shape index (κ3) is 3.39. The Morgan fingerprint density at radius 3 is 2.39 bits per heavy atom. The minimum Gasteiger partial charge on any atom is -0.497 e. The van der Waals surface area contributed by atoms with Crippen molar-refractivity contribution in [2.24, 2.45) is 0 Å². The molecule has 0 amide bonds. The number of methoxy groups -OCH3 is 1. The Labute approximate surface area is 134 Å². The quantitative estimate of drug-likeness (QED) is 0.643. The van der Waals surface area contributed by atoms with Gasteiger partial charge in [0.1, 0.15) is 10.8 Å². The van der Waals surface area contributed by atoms with E-state index in [4.69, 9.17) is 4.74 Å². The largest absolute Gasteiger partial charge is 0.497 e. The van der Waals surface area contributed by atoms with Crippen LogP contribution < -0.4 is 4.74 Å². The predicted molar refractivity (Wildman–Crippen MR) is 81.7 cm³/mol. The van der Waals surface area contributed by atoms with Crippen LogP contribution in [0.4, 0.5) is 13.2 Å². The molecule has 0 atom stereocenters. The van der Waals surface area contributed by atoms with Crippen molar-refractivity contribution in [1.29, 1.82) is 0 Å². The van der Waals surface area contributed by atoms with Crippen LogP contribution in [0, 0.1) is 0 Å². The zero-order valence-corrected chi connectivity index (χ0v) is 12.8. The van der Waals surface area contributed by atoms with Gasteiger partial charge in [0, 0.05) is 10.3 Å². The van der Waals surface area contributed by atoms with Gasteiger partial charge in [0.15, 0.2) is 0 Å². The first-order chi connectivity index (χ1) is 11.0.